The van der Waals surface area contributed by atoms with Crippen LogP contribution in [0.4, 0.5) is 4.39 Å². The standard InChI is InChI=1S/C28H30FN3O3/c29-24-11-22(27(34)32(35)16-28-12-17-7-18(13-28)9-19(8-17)14-28)1-2-23(24)15-31-6-5-20-10-21(26(30)33)3-4-25(20)31/h1-6,10-11,17-19,35H,7-9,12-16H2,(H2,30,33). The largest absolute Gasteiger partial charge is 0.366 e. The van der Waals surface area contributed by atoms with Crippen LogP contribution in [0.5, 0.6) is 0 Å². The van der Waals surface area contributed by atoms with Gasteiger partial charge in [0.1, 0.15) is 5.82 Å². The minimum absolute atomic E-state index is 0.0154. The van der Waals surface area contributed by atoms with E-state index in [0.717, 1.165) is 53.0 Å². The smallest absolute Gasteiger partial charge is 0.277 e. The fourth-order valence-electron chi connectivity index (χ4n) is 7.51. The molecular weight excluding hydrogens is 445 g/mol. The van der Waals surface area contributed by atoms with Gasteiger partial charge in [-0.05, 0) is 98.1 Å². The number of hydrogen-bond donors (Lipinski definition) is 2. The monoisotopic (exact) mass is 475 g/mol. The molecule has 0 unspecified atom stereocenters. The van der Waals surface area contributed by atoms with Crippen molar-refractivity contribution in [2.45, 2.75) is 45.1 Å². The van der Waals surface area contributed by atoms with E-state index < -0.39 is 17.6 Å². The number of rotatable bonds is 6. The molecule has 2 amide bonds. The summed E-state index contributed by atoms with van der Waals surface area (Å²) in [5.74, 6) is 0.661. The number of halogens is 1. The van der Waals surface area contributed by atoms with Crippen LogP contribution in [-0.2, 0) is 6.54 Å². The number of benzene rings is 2. The number of nitrogens with zero attached hydrogens (tertiary/aromatic N) is 2. The molecule has 3 N–H and O–H groups in total. The van der Waals surface area contributed by atoms with E-state index in [1.807, 2.05) is 16.8 Å². The maximum absolute atomic E-state index is 15.0. The second-order valence-electron chi connectivity index (χ2n) is 11.2. The summed E-state index contributed by atoms with van der Waals surface area (Å²) in [4.78, 5) is 24.4. The van der Waals surface area contributed by atoms with Gasteiger partial charge in [0.05, 0.1) is 13.1 Å². The molecule has 7 rings (SSSR count). The van der Waals surface area contributed by atoms with E-state index in [2.05, 4.69) is 0 Å². The van der Waals surface area contributed by atoms with Crippen LogP contribution in [0, 0.1) is 29.0 Å². The average Bonchev–Trinajstić information content (AvgIpc) is 3.20. The first-order valence-electron chi connectivity index (χ1n) is 12.5. The summed E-state index contributed by atoms with van der Waals surface area (Å²) >= 11 is 0. The second kappa shape index (κ2) is 8.19. The Morgan fingerprint density at radius 2 is 1.66 bits per heavy atom. The predicted octanol–water partition coefficient (Wildman–Crippen LogP) is 4.98. The van der Waals surface area contributed by atoms with Crippen LogP contribution in [0.3, 0.4) is 0 Å². The molecule has 6 nitrogen and oxygen atoms in total. The van der Waals surface area contributed by atoms with Gasteiger partial charge >= 0.3 is 0 Å². The van der Waals surface area contributed by atoms with Crippen molar-refractivity contribution in [2.24, 2.45) is 28.9 Å². The first kappa shape index (κ1) is 22.3. The van der Waals surface area contributed by atoms with Gasteiger partial charge in [0, 0.05) is 33.8 Å². The molecule has 4 fully saturated rings. The summed E-state index contributed by atoms with van der Waals surface area (Å²) < 4.78 is 16.9. The van der Waals surface area contributed by atoms with E-state index in [-0.39, 0.29) is 17.5 Å². The summed E-state index contributed by atoms with van der Waals surface area (Å²) in [6.07, 6.45) is 8.99. The van der Waals surface area contributed by atoms with E-state index in [1.165, 1.54) is 25.3 Å². The SMILES string of the molecule is NC(=O)c1ccc2c(ccn2Cc2ccc(C(=O)N(O)CC34CC5CC(CC(C5)C3)C4)cc2F)c1. The Morgan fingerprint density at radius 3 is 2.29 bits per heavy atom. The van der Waals surface area contributed by atoms with Crippen LogP contribution in [0.25, 0.3) is 10.9 Å². The van der Waals surface area contributed by atoms with Gasteiger partial charge in [-0.3, -0.25) is 14.8 Å². The highest BCUT2D eigenvalue weighted by molar-refractivity contribution is 5.97. The number of nitrogens with two attached hydrogens (primary N) is 1. The molecule has 1 aromatic heterocycles. The highest BCUT2D eigenvalue weighted by atomic mass is 19.1. The van der Waals surface area contributed by atoms with Crippen molar-refractivity contribution < 1.29 is 19.2 Å². The molecule has 4 aliphatic rings. The summed E-state index contributed by atoms with van der Waals surface area (Å²) in [6.45, 7) is 0.608. The first-order valence-corrected chi connectivity index (χ1v) is 12.5. The van der Waals surface area contributed by atoms with Crippen LogP contribution in [0.1, 0.15) is 64.8 Å². The van der Waals surface area contributed by atoms with Crippen molar-refractivity contribution in [3.8, 4) is 0 Å². The average molecular weight is 476 g/mol. The van der Waals surface area contributed by atoms with E-state index >= 15 is 4.39 Å². The quantitative estimate of drug-likeness (QED) is 0.389. The molecule has 35 heavy (non-hydrogen) atoms. The summed E-state index contributed by atoms with van der Waals surface area (Å²) in [5, 5.41) is 12.4. The second-order valence-corrected chi connectivity index (χ2v) is 11.2. The van der Waals surface area contributed by atoms with Gasteiger partial charge in [-0.15, -0.1) is 0 Å². The van der Waals surface area contributed by atoms with Crippen LogP contribution in [0.2, 0.25) is 0 Å². The Balaban J connectivity index is 1.17. The number of fused-ring (bicyclic) bond motifs is 1. The summed E-state index contributed by atoms with van der Waals surface area (Å²) in [5.41, 5.74) is 7.23. The normalized spacial score (nSPS) is 26.9. The summed E-state index contributed by atoms with van der Waals surface area (Å²) in [7, 11) is 0. The molecule has 4 bridgehead atoms. The molecule has 182 valence electrons. The molecule has 0 radical (unpaired) electrons. The van der Waals surface area contributed by atoms with Crippen molar-refractivity contribution in [2.75, 3.05) is 6.54 Å². The fourth-order valence-corrected chi connectivity index (χ4v) is 7.51. The van der Waals surface area contributed by atoms with Crippen LogP contribution in [-0.4, -0.2) is 33.2 Å². The molecule has 0 atom stereocenters. The van der Waals surface area contributed by atoms with Crippen molar-refractivity contribution in [1.82, 2.24) is 9.63 Å². The number of carbonyl (C=O) groups excluding carboxylic acids is 2. The minimum Gasteiger partial charge on any atom is -0.366 e. The third-order valence-electron chi connectivity index (χ3n) is 8.58. The van der Waals surface area contributed by atoms with E-state index in [9.17, 15) is 14.8 Å². The van der Waals surface area contributed by atoms with Gasteiger partial charge in [0.15, 0.2) is 0 Å². The molecule has 4 aliphatic carbocycles. The lowest BCUT2D eigenvalue weighted by atomic mass is 9.49. The molecule has 0 spiro atoms. The fraction of sp³-hybridized carbons (Fsp3) is 0.429. The van der Waals surface area contributed by atoms with Crippen molar-refractivity contribution >= 4 is 22.7 Å². The molecule has 7 heteroatoms. The van der Waals surface area contributed by atoms with Crippen LogP contribution in [0.15, 0.2) is 48.7 Å². The molecule has 3 aromatic rings. The van der Waals surface area contributed by atoms with Crippen molar-refractivity contribution in [3.63, 3.8) is 0 Å². The minimum atomic E-state index is -0.545. The Hall–Kier alpha value is -3.19. The maximum Gasteiger partial charge on any atom is 0.277 e. The van der Waals surface area contributed by atoms with Gasteiger partial charge in [-0.2, -0.15) is 0 Å². The van der Waals surface area contributed by atoms with E-state index in [0.29, 0.717) is 17.7 Å². The molecule has 0 saturated heterocycles. The predicted molar refractivity (Wildman–Crippen MR) is 129 cm³/mol. The number of hydroxylamine groups is 2. The number of amides is 2. The van der Waals surface area contributed by atoms with Gasteiger partial charge in [0.25, 0.3) is 5.91 Å². The highest BCUT2D eigenvalue weighted by Gasteiger charge is 2.51. The Labute approximate surface area is 203 Å². The third-order valence-corrected chi connectivity index (χ3v) is 8.58. The van der Waals surface area contributed by atoms with Crippen LogP contribution < -0.4 is 5.73 Å². The number of carbonyl (C=O) groups is 2. The molecule has 4 saturated carbocycles. The number of aromatic nitrogens is 1. The van der Waals surface area contributed by atoms with Crippen molar-refractivity contribution in [1.29, 1.82) is 0 Å². The Bertz CT molecular complexity index is 1290. The van der Waals surface area contributed by atoms with Crippen molar-refractivity contribution in [3.05, 3.63) is 71.2 Å². The highest BCUT2D eigenvalue weighted by Crippen LogP contribution is 2.60. The van der Waals surface area contributed by atoms with Gasteiger partial charge < -0.3 is 10.3 Å². The zero-order valence-corrected chi connectivity index (χ0v) is 19.6. The molecular formula is C28H30FN3O3. The lowest BCUT2D eigenvalue weighted by molar-refractivity contribution is -0.129. The zero-order chi connectivity index (χ0) is 24.3. The van der Waals surface area contributed by atoms with Crippen LogP contribution >= 0.6 is 0 Å². The lowest BCUT2D eigenvalue weighted by Crippen LogP contribution is -2.51. The first-order chi connectivity index (χ1) is 16.8. The number of primary amides is 1. The van der Waals surface area contributed by atoms with E-state index in [4.69, 9.17) is 5.73 Å². The van der Waals surface area contributed by atoms with E-state index in [1.54, 1.807) is 30.3 Å². The molecule has 1 heterocycles. The molecule has 2 aromatic carbocycles. The zero-order valence-electron chi connectivity index (χ0n) is 19.6. The topological polar surface area (TPSA) is 88.6 Å². The number of hydrogen-bond acceptors (Lipinski definition) is 3. The van der Waals surface area contributed by atoms with Gasteiger partial charge in [0.2, 0.25) is 5.91 Å². The lowest BCUT2D eigenvalue weighted by Gasteiger charge is -2.57. The third kappa shape index (κ3) is 4.01. The Kier molecular flexibility index (Phi) is 5.22. The summed E-state index contributed by atoms with van der Waals surface area (Å²) in [6, 6.07) is 11.4. The Morgan fingerprint density at radius 1 is 1.00 bits per heavy atom. The molecule has 0 aliphatic heterocycles. The van der Waals surface area contributed by atoms with Gasteiger partial charge in [-0.25, -0.2) is 9.45 Å². The maximum atomic E-state index is 15.0. The van der Waals surface area contributed by atoms with Gasteiger partial charge in [-0.1, -0.05) is 6.07 Å².